The monoisotopic (exact) mass is 283 g/mol. The molecule has 0 unspecified atom stereocenters. The van der Waals surface area contributed by atoms with Gasteiger partial charge in [-0.25, -0.2) is 4.79 Å². The van der Waals surface area contributed by atoms with Crippen LogP contribution in [0.2, 0.25) is 0 Å². The first-order chi connectivity index (χ1) is 9.52. The smallest absolute Gasteiger partial charge is 0.330 e. The van der Waals surface area contributed by atoms with Gasteiger partial charge in [-0.3, -0.25) is 24.8 Å². The number of hydrogen-bond acceptors (Lipinski definition) is 5. The Bertz CT molecular complexity index is 420. The predicted molar refractivity (Wildman–Crippen MR) is 73.3 cm³/mol. The number of rotatable bonds is 7. The average molecular weight is 283 g/mol. The second-order valence-corrected chi connectivity index (χ2v) is 4.67. The highest BCUT2D eigenvalue weighted by molar-refractivity contribution is 6.27. The molecule has 1 heterocycles. The Kier molecular flexibility index (Phi) is 6.30. The van der Waals surface area contributed by atoms with E-state index in [0.29, 0.717) is 31.6 Å². The van der Waals surface area contributed by atoms with Crippen LogP contribution in [0.25, 0.3) is 0 Å². The molecule has 0 radical (unpaired) electrons. The van der Waals surface area contributed by atoms with E-state index >= 15 is 0 Å². The number of carbonyl (C=O) groups is 3. The van der Waals surface area contributed by atoms with Gasteiger partial charge in [0.25, 0.3) is 0 Å². The molecular weight excluding hydrogens is 262 g/mol. The average Bonchev–Trinajstić information content (AvgIpc) is 2.38. The lowest BCUT2D eigenvalue weighted by Gasteiger charge is -2.30. The van der Waals surface area contributed by atoms with Crippen molar-refractivity contribution in [3.8, 4) is 0 Å². The van der Waals surface area contributed by atoms with Crippen LogP contribution >= 0.6 is 0 Å². The number of amides is 4. The highest BCUT2D eigenvalue weighted by atomic mass is 16.3. The van der Waals surface area contributed by atoms with Gasteiger partial charge in [-0.2, -0.15) is 0 Å². The largest absolute Gasteiger partial charge is 0.396 e. The van der Waals surface area contributed by atoms with Gasteiger partial charge < -0.3 is 5.11 Å². The van der Waals surface area contributed by atoms with Crippen molar-refractivity contribution in [2.24, 2.45) is 10.9 Å². The summed E-state index contributed by atoms with van der Waals surface area (Å²) in [5, 5.41) is 10.9. The molecule has 0 saturated carbocycles. The minimum absolute atomic E-state index is 0.00268. The fraction of sp³-hybridized carbons (Fsp3) is 0.692. The molecule has 112 valence electrons. The Morgan fingerprint density at radius 3 is 2.65 bits per heavy atom. The Morgan fingerprint density at radius 1 is 1.35 bits per heavy atom. The van der Waals surface area contributed by atoms with E-state index in [2.05, 4.69) is 10.3 Å². The number of aliphatic hydroxyl groups excluding tert-OH is 1. The summed E-state index contributed by atoms with van der Waals surface area (Å²) in [4.78, 5) is 40.9. The first-order valence-corrected chi connectivity index (χ1v) is 6.81. The number of aliphatic hydroxyl groups is 1. The van der Waals surface area contributed by atoms with Crippen LogP contribution in [-0.2, 0) is 9.59 Å². The van der Waals surface area contributed by atoms with Crippen molar-refractivity contribution >= 4 is 23.6 Å². The molecule has 1 atom stereocenters. The zero-order valence-corrected chi connectivity index (χ0v) is 11.9. The molecule has 20 heavy (non-hydrogen) atoms. The molecule has 1 fully saturated rings. The van der Waals surface area contributed by atoms with Crippen LogP contribution in [0.4, 0.5) is 4.79 Å². The molecular formula is C13H21N3O4. The van der Waals surface area contributed by atoms with Gasteiger partial charge in [0.15, 0.2) is 5.92 Å². The summed E-state index contributed by atoms with van der Waals surface area (Å²) in [5.74, 6) is -2.18. The van der Waals surface area contributed by atoms with Crippen molar-refractivity contribution in [2.75, 3.05) is 19.7 Å². The fourth-order valence-corrected chi connectivity index (χ4v) is 1.93. The Balaban J connectivity index is 2.83. The van der Waals surface area contributed by atoms with E-state index in [9.17, 15) is 14.4 Å². The molecule has 0 aromatic heterocycles. The summed E-state index contributed by atoms with van der Waals surface area (Å²) >= 11 is 0. The Hall–Kier alpha value is -1.76. The maximum Gasteiger partial charge on any atom is 0.330 e. The minimum Gasteiger partial charge on any atom is -0.396 e. The molecule has 0 bridgehead atoms. The number of hydrogen-bond donors (Lipinski definition) is 2. The van der Waals surface area contributed by atoms with Crippen LogP contribution < -0.4 is 5.32 Å². The SMILES string of the molecule is CCCCN1C(=O)NC(=O)[C@@H](C(C)=NCCCO)C1=O. The van der Waals surface area contributed by atoms with Gasteiger partial charge in [0.2, 0.25) is 11.8 Å². The van der Waals surface area contributed by atoms with Crippen LogP contribution in [0.5, 0.6) is 0 Å². The highest BCUT2D eigenvalue weighted by Crippen LogP contribution is 2.13. The van der Waals surface area contributed by atoms with Gasteiger partial charge in [-0.05, 0) is 19.8 Å². The van der Waals surface area contributed by atoms with E-state index in [0.717, 1.165) is 11.3 Å². The molecule has 7 heteroatoms. The predicted octanol–water partition coefficient (Wildman–Crippen LogP) is 0.324. The maximum absolute atomic E-state index is 12.2. The van der Waals surface area contributed by atoms with Gasteiger partial charge in [0.05, 0.1) is 0 Å². The molecule has 2 N–H and O–H groups in total. The van der Waals surface area contributed by atoms with Gasteiger partial charge in [-0.15, -0.1) is 0 Å². The topological polar surface area (TPSA) is 99.1 Å². The van der Waals surface area contributed by atoms with E-state index in [-0.39, 0.29) is 6.61 Å². The standard InChI is InChI=1S/C13H21N3O4/c1-3-4-7-16-12(19)10(11(18)15-13(16)20)9(2)14-6-5-8-17/h10,17H,3-8H2,1-2H3,(H,15,18,20)/t10-/m1/s1. The molecule has 4 amide bonds. The molecule has 1 aliphatic rings. The van der Waals surface area contributed by atoms with Crippen molar-refractivity contribution in [1.29, 1.82) is 0 Å². The van der Waals surface area contributed by atoms with Gasteiger partial charge in [0.1, 0.15) is 0 Å². The van der Waals surface area contributed by atoms with Crippen LogP contribution in [-0.4, -0.2) is 53.3 Å². The second-order valence-electron chi connectivity index (χ2n) is 4.67. The molecule has 0 aromatic carbocycles. The third-order valence-electron chi connectivity index (χ3n) is 3.08. The van der Waals surface area contributed by atoms with Crippen molar-refractivity contribution in [3.63, 3.8) is 0 Å². The highest BCUT2D eigenvalue weighted by Gasteiger charge is 2.41. The number of unbranched alkanes of at least 4 members (excludes halogenated alkanes) is 1. The lowest BCUT2D eigenvalue weighted by molar-refractivity contribution is -0.139. The summed E-state index contributed by atoms with van der Waals surface area (Å²) in [6.07, 6.45) is 2.01. The first-order valence-electron chi connectivity index (χ1n) is 6.81. The maximum atomic E-state index is 12.2. The number of nitrogens with one attached hydrogen (secondary N) is 1. The van der Waals surface area contributed by atoms with Gasteiger partial charge in [-0.1, -0.05) is 13.3 Å². The van der Waals surface area contributed by atoms with Crippen LogP contribution in [0.1, 0.15) is 33.1 Å². The minimum atomic E-state index is -1.04. The molecule has 7 nitrogen and oxygen atoms in total. The van der Waals surface area contributed by atoms with Crippen molar-refractivity contribution in [3.05, 3.63) is 0 Å². The van der Waals surface area contributed by atoms with Crippen LogP contribution in [0.15, 0.2) is 4.99 Å². The van der Waals surface area contributed by atoms with E-state index < -0.39 is 23.8 Å². The third kappa shape index (κ3) is 3.86. The van der Waals surface area contributed by atoms with E-state index in [1.165, 1.54) is 0 Å². The molecule has 1 aliphatic heterocycles. The summed E-state index contributed by atoms with van der Waals surface area (Å²) in [6, 6.07) is -0.659. The van der Waals surface area contributed by atoms with E-state index in [1.54, 1.807) is 6.92 Å². The van der Waals surface area contributed by atoms with Crippen LogP contribution in [0.3, 0.4) is 0 Å². The van der Waals surface area contributed by atoms with Crippen molar-refractivity contribution in [2.45, 2.75) is 33.1 Å². The zero-order chi connectivity index (χ0) is 15.1. The van der Waals surface area contributed by atoms with Gasteiger partial charge >= 0.3 is 6.03 Å². The zero-order valence-electron chi connectivity index (χ0n) is 11.9. The lowest BCUT2D eigenvalue weighted by Crippen LogP contribution is -2.59. The first kappa shape index (κ1) is 16.3. The quantitative estimate of drug-likeness (QED) is 0.399. The Labute approximate surface area is 118 Å². The molecule has 1 saturated heterocycles. The number of urea groups is 1. The molecule has 0 spiro atoms. The molecule has 1 rings (SSSR count). The second kappa shape index (κ2) is 7.74. The summed E-state index contributed by atoms with van der Waals surface area (Å²) in [5.41, 5.74) is 0.370. The lowest BCUT2D eigenvalue weighted by atomic mass is 9.99. The number of carbonyl (C=O) groups excluding carboxylic acids is 3. The number of imide groups is 2. The number of nitrogens with zero attached hydrogens (tertiary/aromatic N) is 2. The normalized spacial score (nSPS) is 20.4. The summed E-state index contributed by atoms with van der Waals surface area (Å²) in [7, 11) is 0. The number of barbiturate groups is 1. The molecule has 0 aliphatic carbocycles. The summed E-state index contributed by atoms with van der Waals surface area (Å²) < 4.78 is 0. The van der Waals surface area contributed by atoms with E-state index in [1.807, 2.05) is 6.92 Å². The Morgan fingerprint density at radius 2 is 2.05 bits per heavy atom. The van der Waals surface area contributed by atoms with Crippen molar-refractivity contribution in [1.82, 2.24) is 10.2 Å². The fourth-order valence-electron chi connectivity index (χ4n) is 1.93. The van der Waals surface area contributed by atoms with E-state index in [4.69, 9.17) is 5.11 Å². The number of aliphatic imine (C=N–C) groups is 1. The van der Waals surface area contributed by atoms with Gasteiger partial charge in [0, 0.05) is 25.4 Å². The van der Waals surface area contributed by atoms with Crippen molar-refractivity contribution < 1.29 is 19.5 Å². The summed E-state index contributed by atoms with van der Waals surface area (Å²) in [6.45, 7) is 4.20. The molecule has 0 aromatic rings. The third-order valence-corrected chi connectivity index (χ3v) is 3.08. The van der Waals surface area contributed by atoms with Crippen LogP contribution in [0, 0.1) is 5.92 Å².